The molecule has 0 aliphatic carbocycles. The summed E-state index contributed by atoms with van der Waals surface area (Å²) in [5.41, 5.74) is 0.629. The second-order valence-corrected chi connectivity index (χ2v) is 4.91. The van der Waals surface area contributed by atoms with Crippen LogP contribution < -0.4 is 14.2 Å². The normalized spacial score (nSPS) is 10.1. The Morgan fingerprint density at radius 3 is 2.25 bits per heavy atom. The highest BCUT2D eigenvalue weighted by Crippen LogP contribution is 2.31. The maximum Gasteiger partial charge on any atom is 0.315 e. The van der Waals surface area contributed by atoms with Crippen LogP contribution in [0.15, 0.2) is 42.5 Å². The van der Waals surface area contributed by atoms with Crippen molar-refractivity contribution in [1.82, 2.24) is 0 Å². The van der Waals surface area contributed by atoms with Crippen LogP contribution >= 0.6 is 0 Å². The zero-order valence-corrected chi connectivity index (χ0v) is 13.4. The number of benzene rings is 2. The third kappa shape index (κ3) is 4.45. The van der Waals surface area contributed by atoms with E-state index in [9.17, 15) is 14.9 Å². The maximum absolute atomic E-state index is 11.9. The maximum atomic E-state index is 11.9. The predicted octanol–water partition coefficient (Wildman–Crippen LogP) is 3.15. The Morgan fingerprint density at radius 2 is 1.67 bits per heavy atom. The molecule has 2 aromatic rings. The smallest absolute Gasteiger partial charge is 0.315 e. The van der Waals surface area contributed by atoms with E-state index < -0.39 is 10.9 Å². The van der Waals surface area contributed by atoms with E-state index >= 15 is 0 Å². The SMILES string of the molecule is COc1ccc(CCC(=O)Oc2ccc(OC)cc2[N+](=O)[O-])cc1. The molecule has 2 aromatic carbocycles. The molecule has 0 aromatic heterocycles. The number of carbonyl (C=O) groups excluding carboxylic acids is 1. The van der Waals surface area contributed by atoms with Crippen LogP contribution in [-0.2, 0) is 11.2 Å². The molecular formula is C17H17NO6. The molecule has 0 bridgehead atoms. The van der Waals surface area contributed by atoms with Crippen LogP contribution in [0.3, 0.4) is 0 Å². The summed E-state index contributed by atoms with van der Waals surface area (Å²) in [5.74, 6) is 0.412. The second kappa shape index (κ2) is 7.96. The molecule has 0 spiro atoms. The number of rotatable bonds is 7. The lowest BCUT2D eigenvalue weighted by Crippen LogP contribution is -2.10. The van der Waals surface area contributed by atoms with Crippen LogP contribution in [0.5, 0.6) is 17.2 Å². The molecule has 0 amide bonds. The van der Waals surface area contributed by atoms with Crippen molar-refractivity contribution in [2.45, 2.75) is 12.8 Å². The van der Waals surface area contributed by atoms with E-state index in [0.717, 1.165) is 11.3 Å². The summed E-state index contributed by atoms with van der Waals surface area (Å²) in [6.07, 6.45) is 0.572. The summed E-state index contributed by atoms with van der Waals surface area (Å²) < 4.78 is 15.1. The topological polar surface area (TPSA) is 87.9 Å². The second-order valence-electron chi connectivity index (χ2n) is 4.91. The summed E-state index contributed by atoms with van der Waals surface area (Å²) in [6.45, 7) is 0. The van der Waals surface area contributed by atoms with E-state index in [4.69, 9.17) is 14.2 Å². The molecule has 7 nitrogen and oxygen atoms in total. The van der Waals surface area contributed by atoms with Crippen LogP contribution in [0.4, 0.5) is 5.69 Å². The molecular weight excluding hydrogens is 314 g/mol. The lowest BCUT2D eigenvalue weighted by atomic mass is 10.1. The number of methoxy groups -OCH3 is 2. The van der Waals surface area contributed by atoms with Gasteiger partial charge >= 0.3 is 11.7 Å². The highest BCUT2D eigenvalue weighted by Gasteiger charge is 2.19. The Hall–Kier alpha value is -3.09. The van der Waals surface area contributed by atoms with Gasteiger partial charge in [-0.25, -0.2) is 0 Å². The largest absolute Gasteiger partial charge is 0.497 e. The summed E-state index contributed by atoms with van der Waals surface area (Å²) in [7, 11) is 2.98. The van der Waals surface area contributed by atoms with Crippen molar-refractivity contribution >= 4 is 11.7 Å². The Morgan fingerprint density at radius 1 is 1.04 bits per heavy atom. The van der Waals surface area contributed by atoms with Crippen molar-refractivity contribution in [3.8, 4) is 17.2 Å². The molecule has 0 fully saturated rings. The average molecular weight is 331 g/mol. The monoisotopic (exact) mass is 331 g/mol. The highest BCUT2D eigenvalue weighted by atomic mass is 16.6. The molecule has 0 radical (unpaired) electrons. The average Bonchev–Trinajstić information content (AvgIpc) is 2.60. The predicted molar refractivity (Wildman–Crippen MR) is 86.6 cm³/mol. The van der Waals surface area contributed by atoms with Gasteiger partial charge in [0.2, 0.25) is 5.75 Å². The number of ether oxygens (including phenoxy) is 3. The molecule has 24 heavy (non-hydrogen) atoms. The summed E-state index contributed by atoms with van der Waals surface area (Å²) in [5, 5.41) is 11.1. The molecule has 0 atom stereocenters. The summed E-state index contributed by atoms with van der Waals surface area (Å²) >= 11 is 0. The van der Waals surface area contributed by atoms with Crippen LogP contribution in [0.25, 0.3) is 0 Å². The number of hydrogen-bond donors (Lipinski definition) is 0. The molecule has 0 saturated heterocycles. The Balaban J connectivity index is 2.00. The fourth-order valence-corrected chi connectivity index (χ4v) is 2.07. The fraction of sp³-hybridized carbons (Fsp3) is 0.235. The van der Waals surface area contributed by atoms with Gasteiger partial charge in [0, 0.05) is 6.42 Å². The van der Waals surface area contributed by atoms with E-state index in [-0.39, 0.29) is 17.9 Å². The standard InChI is InChI=1S/C17H17NO6/c1-22-13-6-3-12(4-7-13)5-10-17(19)24-16-9-8-14(23-2)11-15(16)18(20)21/h3-4,6-9,11H,5,10H2,1-2H3. The molecule has 126 valence electrons. The zero-order valence-electron chi connectivity index (χ0n) is 13.4. The van der Waals surface area contributed by atoms with E-state index in [1.807, 2.05) is 12.1 Å². The number of esters is 1. The molecule has 0 N–H and O–H groups in total. The first-order valence-corrected chi connectivity index (χ1v) is 7.19. The third-order valence-electron chi connectivity index (χ3n) is 3.36. The van der Waals surface area contributed by atoms with Gasteiger partial charge in [0.1, 0.15) is 11.5 Å². The number of carbonyl (C=O) groups is 1. The Bertz CT molecular complexity index is 726. The van der Waals surface area contributed by atoms with Crippen LogP contribution in [0, 0.1) is 10.1 Å². The number of nitro groups is 1. The molecule has 0 aliphatic heterocycles. The van der Waals surface area contributed by atoms with Crippen LogP contribution in [0.2, 0.25) is 0 Å². The van der Waals surface area contributed by atoms with Gasteiger partial charge in [-0.1, -0.05) is 12.1 Å². The number of aryl methyl sites for hydroxylation is 1. The Labute approximate surface area is 138 Å². The van der Waals surface area contributed by atoms with Crippen molar-refractivity contribution < 1.29 is 23.9 Å². The molecule has 0 saturated carbocycles. The quantitative estimate of drug-likeness (QED) is 0.335. The lowest BCUT2D eigenvalue weighted by Gasteiger charge is -2.07. The first-order valence-electron chi connectivity index (χ1n) is 7.19. The molecule has 0 heterocycles. The van der Waals surface area contributed by atoms with E-state index in [0.29, 0.717) is 12.2 Å². The summed E-state index contributed by atoms with van der Waals surface area (Å²) in [4.78, 5) is 22.4. The van der Waals surface area contributed by atoms with Gasteiger partial charge in [-0.05, 0) is 36.2 Å². The van der Waals surface area contributed by atoms with Gasteiger partial charge in [0.05, 0.1) is 25.2 Å². The van der Waals surface area contributed by atoms with Gasteiger partial charge in [0.15, 0.2) is 0 Å². The summed E-state index contributed by atoms with van der Waals surface area (Å²) in [6, 6.07) is 11.4. The first kappa shape index (κ1) is 17.3. The molecule has 0 aliphatic rings. The number of nitro benzene ring substituents is 1. The van der Waals surface area contributed by atoms with E-state index in [2.05, 4.69) is 0 Å². The minimum atomic E-state index is -0.616. The van der Waals surface area contributed by atoms with Crippen molar-refractivity contribution in [2.24, 2.45) is 0 Å². The van der Waals surface area contributed by atoms with E-state index in [1.165, 1.54) is 25.3 Å². The van der Waals surface area contributed by atoms with Gasteiger partial charge in [0.25, 0.3) is 0 Å². The minimum Gasteiger partial charge on any atom is -0.497 e. The van der Waals surface area contributed by atoms with Gasteiger partial charge in [-0.2, -0.15) is 0 Å². The van der Waals surface area contributed by atoms with Crippen molar-refractivity contribution in [1.29, 1.82) is 0 Å². The van der Waals surface area contributed by atoms with Crippen LogP contribution in [-0.4, -0.2) is 25.1 Å². The lowest BCUT2D eigenvalue weighted by molar-refractivity contribution is -0.385. The zero-order chi connectivity index (χ0) is 17.5. The van der Waals surface area contributed by atoms with Gasteiger partial charge in [-0.15, -0.1) is 0 Å². The number of hydrogen-bond acceptors (Lipinski definition) is 6. The highest BCUT2D eigenvalue weighted by molar-refractivity contribution is 5.74. The van der Waals surface area contributed by atoms with Crippen LogP contribution in [0.1, 0.15) is 12.0 Å². The third-order valence-corrected chi connectivity index (χ3v) is 3.36. The molecule has 2 rings (SSSR count). The Kier molecular flexibility index (Phi) is 5.73. The van der Waals surface area contributed by atoms with Gasteiger partial charge in [-0.3, -0.25) is 14.9 Å². The first-order chi connectivity index (χ1) is 11.5. The van der Waals surface area contributed by atoms with Gasteiger partial charge < -0.3 is 14.2 Å². The number of nitrogens with zero attached hydrogens (tertiary/aromatic N) is 1. The van der Waals surface area contributed by atoms with Crippen molar-refractivity contribution in [3.05, 3.63) is 58.1 Å². The van der Waals surface area contributed by atoms with Crippen molar-refractivity contribution in [2.75, 3.05) is 14.2 Å². The van der Waals surface area contributed by atoms with E-state index in [1.54, 1.807) is 19.2 Å². The minimum absolute atomic E-state index is 0.0967. The fourth-order valence-electron chi connectivity index (χ4n) is 2.07. The van der Waals surface area contributed by atoms with Crippen molar-refractivity contribution in [3.63, 3.8) is 0 Å². The molecule has 0 unspecified atom stereocenters. The molecule has 7 heteroatoms.